The van der Waals surface area contributed by atoms with Gasteiger partial charge in [0, 0.05) is 17.9 Å². The molecule has 0 saturated carbocycles. The molecule has 2 saturated heterocycles. The zero-order valence-electron chi connectivity index (χ0n) is 8.40. The number of hydrogen-bond acceptors (Lipinski definition) is 4. The van der Waals surface area contributed by atoms with Crippen LogP contribution < -0.4 is 5.32 Å². The first-order valence-corrected chi connectivity index (χ1v) is 6.90. The summed E-state index contributed by atoms with van der Waals surface area (Å²) in [6.45, 7) is -0.169. The Balaban J connectivity index is 2.28. The lowest BCUT2D eigenvalue weighted by Crippen LogP contribution is -2.60. The zero-order valence-corrected chi connectivity index (χ0v) is 9.22. The summed E-state index contributed by atoms with van der Waals surface area (Å²) in [6.07, 6.45) is 1.21. The van der Waals surface area contributed by atoms with Gasteiger partial charge < -0.3 is 10.4 Å². The molecule has 15 heavy (non-hydrogen) atoms. The minimum atomic E-state index is -3.05. The maximum atomic E-state index is 11.5. The van der Waals surface area contributed by atoms with Crippen molar-refractivity contribution in [1.82, 2.24) is 5.32 Å². The average Bonchev–Trinajstić information content (AvgIpc) is 2.18. The maximum absolute atomic E-state index is 11.5. The summed E-state index contributed by atoms with van der Waals surface area (Å²) in [6, 6.07) is -0.174. The van der Waals surface area contributed by atoms with Crippen LogP contribution in [0.15, 0.2) is 0 Å². The Kier molecular flexibility index (Phi) is 2.50. The van der Waals surface area contributed by atoms with Crippen LogP contribution in [-0.4, -0.2) is 43.6 Å². The second-order valence-electron chi connectivity index (χ2n) is 4.52. The van der Waals surface area contributed by atoms with Crippen molar-refractivity contribution in [3.63, 3.8) is 0 Å². The molecule has 0 spiro atoms. The summed E-state index contributed by atoms with van der Waals surface area (Å²) in [4.78, 5) is 11.2. The molecule has 5 nitrogen and oxygen atoms in total. The van der Waals surface area contributed by atoms with Crippen LogP contribution in [0, 0.1) is 5.41 Å². The highest BCUT2D eigenvalue weighted by molar-refractivity contribution is 7.91. The molecule has 2 fully saturated rings. The summed E-state index contributed by atoms with van der Waals surface area (Å²) < 4.78 is 23.1. The molecule has 2 unspecified atom stereocenters. The zero-order chi connectivity index (χ0) is 11.1. The van der Waals surface area contributed by atoms with Gasteiger partial charge in [0.25, 0.3) is 0 Å². The Morgan fingerprint density at radius 3 is 2.93 bits per heavy atom. The first-order valence-electron chi connectivity index (χ1n) is 5.08. The number of amides is 1. The summed E-state index contributed by atoms with van der Waals surface area (Å²) >= 11 is 0. The van der Waals surface area contributed by atoms with Crippen LogP contribution >= 0.6 is 0 Å². The van der Waals surface area contributed by atoms with Crippen LogP contribution in [0.2, 0.25) is 0 Å². The van der Waals surface area contributed by atoms with Crippen molar-refractivity contribution < 1.29 is 18.3 Å². The van der Waals surface area contributed by atoms with Crippen molar-refractivity contribution in [3.8, 4) is 0 Å². The van der Waals surface area contributed by atoms with Gasteiger partial charge in [0.1, 0.15) is 0 Å². The topological polar surface area (TPSA) is 83.5 Å². The number of sulfone groups is 1. The number of rotatable bonds is 1. The van der Waals surface area contributed by atoms with E-state index in [4.69, 9.17) is 0 Å². The molecule has 2 aliphatic heterocycles. The van der Waals surface area contributed by atoms with Gasteiger partial charge in [-0.05, 0) is 12.8 Å². The van der Waals surface area contributed by atoms with Crippen molar-refractivity contribution in [3.05, 3.63) is 0 Å². The Morgan fingerprint density at radius 2 is 2.27 bits per heavy atom. The molecular weight excluding hydrogens is 218 g/mol. The molecule has 2 N–H and O–H groups in total. The Labute approximate surface area is 88.8 Å². The molecule has 2 heterocycles. The number of aliphatic hydroxyl groups excluding tert-OH is 1. The molecule has 2 atom stereocenters. The van der Waals surface area contributed by atoms with E-state index in [1.807, 2.05) is 0 Å². The number of carbonyl (C=O) groups excluding carboxylic acids is 1. The number of piperidine rings is 1. The number of aliphatic hydroxyl groups is 1. The lowest BCUT2D eigenvalue weighted by atomic mass is 9.74. The van der Waals surface area contributed by atoms with E-state index in [9.17, 15) is 18.3 Å². The third-order valence-electron chi connectivity index (χ3n) is 3.46. The van der Waals surface area contributed by atoms with Crippen LogP contribution in [-0.2, 0) is 14.6 Å². The van der Waals surface area contributed by atoms with Crippen molar-refractivity contribution in [2.24, 2.45) is 5.41 Å². The summed E-state index contributed by atoms with van der Waals surface area (Å²) in [5.74, 6) is 0.0737. The van der Waals surface area contributed by atoms with E-state index in [0.29, 0.717) is 19.3 Å². The van der Waals surface area contributed by atoms with E-state index < -0.39 is 15.3 Å². The molecule has 0 aliphatic carbocycles. The van der Waals surface area contributed by atoms with Crippen LogP contribution in [0.4, 0.5) is 0 Å². The standard InChI is InChI=1S/C9H15NO4S/c11-5-9-3-1-8(12)10-7(9)2-4-15(13,14)6-9/h7,11H,1-6H2,(H,10,12). The molecule has 1 amide bonds. The van der Waals surface area contributed by atoms with E-state index >= 15 is 0 Å². The fourth-order valence-electron chi connectivity index (χ4n) is 2.55. The minimum absolute atomic E-state index is 0.00144. The fraction of sp³-hybridized carbons (Fsp3) is 0.889. The fourth-order valence-corrected chi connectivity index (χ4v) is 4.60. The highest BCUT2D eigenvalue weighted by atomic mass is 32.2. The van der Waals surface area contributed by atoms with Gasteiger partial charge in [-0.25, -0.2) is 8.42 Å². The van der Waals surface area contributed by atoms with E-state index in [0.717, 1.165) is 0 Å². The molecule has 0 bridgehead atoms. The van der Waals surface area contributed by atoms with Crippen molar-refractivity contribution in [1.29, 1.82) is 0 Å². The monoisotopic (exact) mass is 233 g/mol. The SMILES string of the molecule is O=C1CCC2(CO)CS(=O)(=O)CCC2N1. The second kappa shape index (κ2) is 3.45. The number of nitrogens with one attached hydrogen (secondary N) is 1. The van der Waals surface area contributed by atoms with Crippen LogP contribution in [0.1, 0.15) is 19.3 Å². The van der Waals surface area contributed by atoms with Crippen molar-refractivity contribution >= 4 is 15.7 Å². The van der Waals surface area contributed by atoms with Gasteiger partial charge in [0.15, 0.2) is 9.84 Å². The van der Waals surface area contributed by atoms with E-state index in [1.54, 1.807) is 0 Å². The molecule has 0 aromatic rings. The molecule has 0 radical (unpaired) electrons. The summed E-state index contributed by atoms with van der Waals surface area (Å²) in [5, 5.41) is 12.2. The first-order chi connectivity index (χ1) is 6.97. The normalized spacial score (nSPS) is 39.3. The Hall–Kier alpha value is -0.620. The second-order valence-corrected chi connectivity index (χ2v) is 6.71. The van der Waals surface area contributed by atoms with Gasteiger partial charge in [-0.3, -0.25) is 4.79 Å². The minimum Gasteiger partial charge on any atom is -0.396 e. The molecule has 2 aliphatic rings. The van der Waals surface area contributed by atoms with Gasteiger partial charge in [0.2, 0.25) is 5.91 Å². The molecule has 0 aromatic heterocycles. The number of hydrogen-bond donors (Lipinski definition) is 2. The van der Waals surface area contributed by atoms with E-state index in [-0.39, 0.29) is 30.1 Å². The number of fused-ring (bicyclic) bond motifs is 1. The lowest BCUT2D eigenvalue weighted by Gasteiger charge is -2.45. The Morgan fingerprint density at radius 1 is 1.53 bits per heavy atom. The molecule has 0 aromatic carbocycles. The molecule has 86 valence electrons. The van der Waals surface area contributed by atoms with Gasteiger partial charge in [-0.15, -0.1) is 0 Å². The van der Waals surface area contributed by atoms with Crippen LogP contribution in [0.3, 0.4) is 0 Å². The highest BCUT2D eigenvalue weighted by Crippen LogP contribution is 2.38. The molecule has 2 rings (SSSR count). The van der Waals surface area contributed by atoms with Gasteiger partial charge in [-0.2, -0.15) is 0 Å². The van der Waals surface area contributed by atoms with Gasteiger partial charge in [0.05, 0.1) is 18.1 Å². The lowest BCUT2D eigenvalue weighted by molar-refractivity contribution is -0.127. The van der Waals surface area contributed by atoms with Crippen LogP contribution in [0.25, 0.3) is 0 Å². The predicted octanol–water partition coefficient (Wildman–Crippen LogP) is -0.938. The van der Waals surface area contributed by atoms with Crippen LogP contribution in [0.5, 0.6) is 0 Å². The van der Waals surface area contributed by atoms with E-state index in [1.165, 1.54) is 0 Å². The highest BCUT2D eigenvalue weighted by Gasteiger charge is 2.48. The maximum Gasteiger partial charge on any atom is 0.220 e. The third kappa shape index (κ3) is 1.88. The largest absolute Gasteiger partial charge is 0.396 e. The number of carbonyl (C=O) groups is 1. The van der Waals surface area contributed by atoms with Crippen molar-refractivity contribution in [2.45, 2.75) is 25.3 Å². The summed E-state index contributed by atoms with van der Waals surface area (Å²) in [7, 11) is -3.05. The Bertz CT molecular complexity index is 378. The summed E-state index contributed by atoms with van der Waals surface area (Å²) in [5.41, 5.74) is -0.634. The van der Waals surface area contributed by atoms with E-state index in [2.05, 4.69) is 5.32 Å². The van der Waals surface area contributed by atoms with Gasteiger partial charge in [-0.1, -0.05) is 0 Å². The predicted molar refractivity (Wildman–Crippen MR) is 54.0 cm³/mol. The third-order valence-corrected chi connectivity index (χ3v) is 5.34. The van der Waals surface area contributed by atoms with Crippen molar-refractivity contribution in [2.75, 3.05) is 18.1 Å². The molecule has 6 heteroatoms. The first kappa shape index (κ1) is 10.9. The smallest absolute Gasteiger partial charge is 0.220 e. The van der Waals surface area contributed by atoms with Gasteiger partial charge >= 0.3 is 0 Å². The average molecular weight is 233 g/mol. The molecular formula is C9H15NO4S. The quantitative estimate of drug-likeness (QED) is 0.612.